The number of nitrogens with zero attached hydrogens (tertiary/aromatic N) is 1. The molecule has 0 saturated heterocycles. The quantitative estimate of drug-likeness (QED) is 0.181. The highest BCUT2D eigenvalue weighted by Gasteiger charge is 2.43. The monoisotopic (exact) mass is 714 g/mol. The van der Waals surface area contributed by atoms with Crippen LogP contribution in [0.4, 0.5) is 17.1 Å². The van der Waals surface area contributed by atoms with Crippen LogP contribution in [0.15, 0.2) is 108 Å². The van der Waals surface area contributed by atoms with Crippen LogP contribution in [0.1, 0.15) is 87.8 Å². The van der Waals surface area contributed by atoms with Crippen LogP contribution < -0.4 is 15.8 Å². The smallest absolute Gasteiger partial charge is 0.198 e. The van der Waals surface area contributed by atoms with Crippen LogP contribution in [-0.2, 0) is 16.2 Å². The molecule has 1 N–H and O–H groups in total. The number of hydrogen-bond acceptors (Lipinski definition) is 2. The number of rotatable bonds is 2. The highest BCUT2D eigenvalue weighted by Crippen LogP contribution is 2.56. The number of benzene rings is 6. The second kappa shape index (κ2) is 10.8. The summed E-state index contributed by atoms with van der Waals surface area (Å²) in [6.07, 6.45) is 2.38. The number of aromatic nitrogens is 1. The van der Waals surface area contributed by atoms with Gasteiger partial charge in [0.05, 0.1) is 11.0 Å². The lowest BCUT2D eigenvalue weighted by Crippen LogP contribution is -2.43. The minimum absolute atomic E-state index is 0.0883. The fourth-order valence-corrected chi connectivity index (χ4v) is 10.8. The van der Waals surface area contributed by atoms with E-state index >= 15 is 0 Å². The predicted molar refractivity (Wildman–Crippen MR) is 234 cm³/mol. The standard InChI is InChI=1S/C51H47BN2O/c1-28-24-35(32-16-13-17-34-45(32)53-46-33-15-10-12-19-42(33)55-48(34)46)44-41(25-28)54(40-27-38-37(26-29(40)2)49(3,4)22-23-50(38,5)6)47-39(52-44)21-20-31-30-14-9-11-18-36(30)51(7,8)43(31)47/h9-21,24-27,52-53H,22-23H2,1-8H3. The fourth-order valence-electron chi connectivity index (χ4n) is 10.8. The van der Waals surface area contributed by atoms with E-state index in [0.717, 1.165) is 40.3 Å². The van der Waals surface area contributed by atoms with E-state index in [-0.39, 0.29) is 16.2 Å². The van der Waals surface area contributed by atoms with Crippen molar-refractivity contribution in [3.8, 4) is 22.3 Å². The second-order valence-corrected chi connectivity index (χ2v) is 18.6. The molecule has 55 heavy (non-hydrogen) atoms. The second-order valence-electron chi connectivity index (χ2n) is 18.6. The average molecular weight is 715 g/mol. The summed E-state index contributed by atoms with van der Waals surface area (Å²) in [4.78, 5) is 6.56. The first kappa shape index (κ1) is 32.9. The number of nitrogens with one attached hydrogen (secondary N) is 1. The Morgan fingerprint density at radius 1 is 0.618 bits per heavy atom. The molecule has 4 heteroatoms. The molecule has 2 aromatic heterocycles. The molecular weight excluding hydrogens is 667 g/mol. The Labute approximate surface area is 324 Å². The number of aromatic amines is 1. The Morgan fingerprint density at radius 2 is 1.33 bits per heavy atom. The van der Waals surface area contributed by atoms with Crippen molar-refractivity contribution in [2.45, 2.75) is 84.5 Å². The molecule has 0 unspecified atom stereocenters. The maximum atomic E-state index is 6.49. The summed E-state index contributed by atoms with van der Waals surface area (Å²) >= 11 is 0. The SMILES string of the molecule is Cc1cc(-c2cccc3c2[nH]c2c4ccccc4oc32)c2c(c1)N(c1cc3c(cc1C)C(C)(C)CCC3(C)C)c1c(ccc3c1C(C)(C)c1ccccc1-3)B2. The van der Waals surface area contributed by atoms with Crippen LogP contribution in [0.3, 0.4) is 0 Å². The molecule has 3 aliphatic rings. The van der Waals surface area contributed by atoms with E-state index in [1.807, 2.05) is 6.07 Å². The highest BCUT2D eigenvalue weighted by atomic mass is 16.3. The van der Waals surface area contributed by atoms with Gasteiger partial charge in [-0.15, -0.1) is 0 Å². The summed E-state index contributed by atoms with van der Waals surface area (Å²) in [6.45, 7) is 19.3. The van der Waals surface area contributed by atoms with Crippen LogP contribution in [0.2, 0.25) is 0 Å². The van der Waals surface area contributed by atoms with Crippen molar-refractivity contribution < 1.29 is 4.42 Å². The van der Waals surface area contributed by atoms with Gasteiger partial charge in [-0.1, -0.05) is 120 Å². The lowest BCUT2D eigenvalue weighted by molar-refractivity contribution is 0.332. The van der Waals surface area contributed by atoms with Gasteiger partial charge < -0.3 is 14.3 Å². The minimum Gasteiger partial charge on any atom is -0.454 e. The van der Waals surface area contributed by atoms with E-state index in [4.69, 9.17) is 4.42 Å². The Hall–Kier alpha value is -5.48. The van der Waals surface area contributed by atoms with Gasteiger partial charge in [0.2, 0.25) is 0 Å². The molecule has 3 nitrogen and oxygen atoms in total. The van der Waals surface area contributed by atoms with Crippen molar-refractivity contribution >= 4 is 68.2 Å². The predicted octanol–water partition coefficient (Wildman–Crippen LogP) is 12.2. The number of hydrogen-bond donors (Lipinski definition) is 1. The van der Waals surface area contributed by atoms with Gasteiger partial charge >= 0.3 is 0 Å². The van der Waals surface area contributed by atoms with Crippen molar-refractivity contribution in [1.29, 1.82) is 0 Å². The summed E-state index contributed by atoms with van der Waals surface area (Å²) < 4.78 is 6.49. The zero-order valence-corrected chi connectivity index (χ0v) is 33.3. The maximum Gasteiger partial charge on any atom is 0.198 e. The van der Waals surface area contributed by atoms with Gasteiger partial charge in [-0.25, -0.2) is 0 Å². The lowest BCUT2D eigenvalue weighted by atomic mass is 9.56. The normalized spacial score (nSPS) is 17.1. The molecule has 8 aromatic rings. The Balaban J connectivity index is 1.22. The molecule has 1 aliphatic heterocycles. The van der Waals surface area contributed by atoms with Gasteiger partial charge in [0.25, 0.3) is 0 Å². The van der Waals surface area contributed by atoms with Crippen molar-refractivity contribution in [3.05, 3.63) is 137 Å². The highest BCUT2D eigenvalue weighted by molar-refractivity contribution is 6.73. The van der Waals surface area contributed by atoms with E-state index in [1.165, 1.54) is 96.5 Å². The molecule has 0 bridgehead atoms. The van der Waals surface area contributed by atoms with Crippen LogP contribution in [-0.4, -0.2) is 12.3 Å². The van der Waals surface area contributed by atoms with Gasteiger partial charge in [-0.05, 0) is 123 Å². The summed E-state index contributed by atoms with van der Waals surface area (Å²) in [5.74, 6) is 0. The van der Waals surface area contributed by atoms with Crippen molar-refractivity contribution in [3.63, 3.8) is 0 Å². The minimum atomic E-state index is -0.157. The summed E-state index contributed by atoms with van der Waals surface area (Å²) in [7, 11) is 0.856. The van der Waals surface area contributed by atoms with E-state index < -0.39 is 0 Å². The number of furan rings is 1. The topological polar surface area (TPSA) is 32.2 Å². The average Bonchev–Trinajstić information content (AvgIpc) is 3.79. The maximum absolute atomic E-state index is 6.49. The van der Waals surface area contributed by atoms with E-state index in [0.29, 0.717) is 0 Å². The molecule has 6 aromatic carbocycles. The molecule has 0 radical (unpaired) electrons. The Bertz CT molecular complexity index is 2970. The van der Waals surface area contributed by atoms with Crippen molar-refractivity contribution in [1.82, 2.24) is 4.98 Å². The lowest BCUT2D eigenvalue weighted by Gasteiger charge is -2.44. The first-order valence-corrected chi connectivity index (χ1v) is 20.1. The largest absolute Gasteiger partial charge is 0.454 e. The molecule has 11 rings (SSSR count). The summed E-state index contributed by atoms with van der Waals surface area (Å²) in [5, 5.41) is 2.25. The summed E-state index contributed by atoms with van der Waals surface area (Å²) in [6, 6.07) is 39.0. The first-order chi connectivity index (χ1) is 26.3. The molecule has 3 heterocycles. The number of aryl methyl sites for hydroxylation is 2. The van der Waals surface area contributed by atoms with Gasteiger partial charge in [0, 0.05) is 38.8 Å². The van der Waals surface area contributed by atoms with Gasteiger partial charge in [-0.2, -0.15) is 0 Å². The third kappa shape index (κ3) is 4.40. The van der Waals surface area contributed by atoms with Gasteiger partial charge in [0.15, 0.2) is 12.9 Å². The molecule has 0 saturated carbocycles. The zero-order valence-electron chi connectivity index (χ0n) is 33.3. The van der Waals surface area contributed by atoms with E-state index in [9.17, 15) is 0 Å². The molecule has 0 spiro atoms. The number of H-pyrrole nitrogens is 1. The van der Waals surface area contributed by atoms with Crippen molar-refractivity contribution in [2.75, 3.05) is 4.90 Å². The summed E-state index contributed by atoms with van der Waals surface area (Å²) in [5.41, 5.74) is 24.5. The fraction of sp³-hybridized carbons (Fsp3) is 0.255. The third-order valence-electron chi connectivity index (χ3n) is 13.8. The molecule has 0 amide bonds. The number of anilines is 3. The van der Waals surface area contributed by atoms with Crippen LogP contribution in [0.25, 0.3) is 55.2 Å². The number of para-hydroxylation sites is 2. The van der Waals surface area contributed by atoms with Gasteiger partial charge in [-0.3, -0.25) is 0 Å². The van der Waals surface area contributed by atoms with E-state index in [1.54, 1.807) is 0 Å². The molecule has 0 fully saturated rings. The van der Waals surface area contributed by atoms with Crippen LogP contribution in [0.5, 0.6) is 0 Å². The molecule has 0 atom stereocenters. The molecule has 2 aliphatic carbocycles. The third-order valence-corrected chi connectivity index (χ3v) is 13.8. The zero-order chi connectivity index (χ0) is 37.8. The number of fused-ring (bicyclic) bond motifs is 12. The first-order valence-electron chi connectivity index (χ1n) is 20.1. The molecule has 270 valence electrons. The van der Waals surface area contributed by atoms with E-state index in [2.05, 4.69) is 162 Å². The Kier molecular flexibility index (Phi) is 6.49. The van der Waals surface area contributed by atoms with Crippen LogP contribution >= 0.6 is 0 Å². The van der Waals surface area contributed by atoms with Gasteiger partial charge in [0.1, 0.15) is 5.58 Å². The van der Waals surface area contributed by atoms with Crippen molar-refractivity contribution in [2.24, 2.45) is 0 Å². The Morgan fingerprint density at radius 3 is 2.15 bits per heavy atom. The molecular formula is C51H47BN2O. The van der Waals surface area contributed by atoms with Crippen LogP contribution in [0, 0.1) is 13.8 Å².